The molecule has 0 aliphatic rings. The topological polar surface area (TPSA) is 15.3 Å². The largest absolute Gasteiger partial charge is 0.360 e. The fourth-order valence-corrected chi connectivity index (χ4v) is 1.70. The molecule has 0 fully saturated rings. The molecule has 0 aliphatic carbocycles. The number of hydrogen-bond donors (Lipinski definition) is 1. The van der Waals surface area contributed by atoms with Crippen molar-refractivity contribution < 1.29 is 0 Å². The first-order valence-electron chi connectivity index (χ1n) is 5.06. The molecule has 0 rings (SSSR count). The van der Waals surface area contributed by atoms with Crippen LogP contribution in [0.4, 0.5) is 0 Å². The van der Waals surface area contributed by atoms with Gasteiger partial charge in [0.15, 0.2) is 5.11 Å². The van der Waals surface area contributed by atoms with Crippen LogP contribution >= 0.6 is 12.2 Å². The van der Waals surface area contributed by atoms with Gasteiger partial charge < -0.3 is 10.2 Å². The molecular weight excluding hydrogens is 180 g/mol. The molecule has 0 aromatic heterocycles. The van der Waals surface area contributed by atoms with E-state index in [2.05, 4.69) is 44.8 Å². The summed E-state index contributed by atoms with van der Waals surface area (Å²) in [5.41, 5.74) is 0. The fourth-order valence-electron chi connectivity index (χ4n) is 1.17. The predicted octanol–water partition coefficient (Wildman–Crippen LogP) is 2.39. The van der Waals surface area contributed by atoms with Crippen LogP contribution in [0.1, 0.15) is 41.0 Å². The monoisotopic (exact) mass is 202 g/mol. The van der Waals surface area contributed by atoms with E-state index in [0.717, 1.165) is 18.1 Å². The van der Waals surface area contributed by atoms with Gasteiger partial charge in [-0.15, -0.1) is 0 Å². The average Bonchev–Trinajstić information content (AvgIpc) is 1.97. The molecule has 78 valence electrons. The summed E-state index contributed by atoms with van der Waals surface area (Å²) in [4.78, 5) is 2.23. The van der Waals surface area contributed by atoms with E-state index in [1.807, 2.05) is 0 Å². The summed E-state index contributed by atoms with van der Waals surface area (Å²) in [5.74, 6) is 0. The van der Waals surface area contributed by atoms with Crippen LogP contribution in [0.25, 0.3) is 0 Å². The second kappa shape index (κ2) is 6.19. The molecule has 0 atom stereocenters. The van der Waals surface area contributed by atoms with Crippen molar-refractivity contribution in [1.82, 2.24) is 10.2 Å². The van der Waals surface area contributed by atoms with Crippen LogP contribution in [0.5, 0.6) is 0 Å². The molecule has 0 unspecified atom stereocenters. The molecule has 0 aromatic carbocycles. The van der Waals surface area contributed by atoms with Crippen LogP contribution in [0.3, 0.4) is 0 Å². The van der Waals surface area contributed by atoms with Crippen LogP contribution in [0.15, 0.2) is 0 Å². The van der Waals surface area contributed by atoms with Crippen LogP contribution in [-0.4, -0.2) is 28.6 Å². The molecule has 0 aliphatic heterocycles. The van der Waals surface area contributed by atoms with Crippen LogP contribution in [-0.2, 0) is 0 Å². The van der Waals surface area contributed by atoms with Crippen molar-refractivity contribution in [3.63, 3.8) is 0 Å². The lowest BCUT2D eigenvalue weighted by Crippen LogP contribution is -2.46. The normalized spacial score (nSPS) is 10.7. The van der Waals surface area contributed by atoms with E-state index in [9.17, 15) is 0 Å². The Labute approximate surface area is 87.7 Å². The zero-order chi connectivity index (χ0) is 10.4. The maximum atomic E-state index is 5.31. The minimum atomic E-state index is 0.422. The summed E-state index contributed by atoms with van der Waals surface area (Å²) in [6, 6.07) is 0.907. The standard InChI is InChI=1S/C10H22N2S/c1-6-7-12(9(4)5)10(13)11-8(2)3/h8-9H,6-7H2,1-5H3,(H,11,13). The van der Waals surface area contributed by atoms with E-state index in [1.54, 1.807) is 0 Å². The molecule has 13 heavy (non-hydrogen) atoms. The van der Waals surface area contributed by atoms with Gasteiger partial charge in [-0.25, -0.2) is 0 Å². The Bertz CT molecular complexity index is 155. The summed E-state index contributed by atoms with van der Waals surface area (Å²) in [5, 5.41) is 4.15. The lowest BCUT2D eigenvalue weighted by Gasteiger charge is -2.30. The van der Waals surface area contributed by atoms with E-state index < -0.39 is 0 Å². The van der Waals surface area contributed by atoms with Crippen molar-refractivity contribution in [1.29, 1.82) is 0 Å². The van der Waals surface area contributed by atoms with E-state index in [1.165, 1.54) is 0 Å². The van der Waals surface area contributed by atoms with Gasteiger partial charge in [-0.1, -0.05) is 6.92 Å². The Morgan fingerprint density at radius 2 is 1.85 bits per heavy atom. The molecule has 0 heterocycles. The lowest BCUT2D eigenvalue weighted by molar-refractivity contribution is 0.342. The molecule has 0 aromatic rings. The Hall–Kier alpha value is -0.310. The van der Waals surface area contributed by atoms with Gasteiger partial charge in [0.25, 0.3) is 0 Å². The predicted molar refractivity (Wildman–Crippen MR) is 63.0 cm³/mol. The maximum absolute atomic E-state index is 5.31. The molecule has 0 amide bonds. The van der Waals surface area contributed by atoms with Gasteiger partial charge in [-0.05, 0) is 46.3 Å². The van der Waals surface area contributed by atoms with Crippen molar-refractivity contribution in [3.8, 4) is 0 Å². The van der Waals surface area contributed by atoms with Crippen molar-refractivity contribution in [3.05, 3.63) is 0 Å². The highest BCUT2D eigenvalue weighted by molar-refractivity contribution is 7.80. The Balaban J connectivity index is 4.11. The maximum Gasteiger partial charge on any atom is 0.169 e. The van der Waals surface area contributed by atoms with Gasteiger partial charge in [-0.3, -0.25) is 0 Å². The summed E-state index contributed by atoms with van der Waals surface area (Å²) in [7, 11) is 0. The zero-order valence-corrected chi connectivity index (χ0v) is 10.2. The molecule has 2 nitrogen and oxygen atoms in total. The van der Waals surface area contributed by atoms with Crippen molar-refractivity contribution in [2.24, 2.45) is 0 Å². The third-order valence-corrected chi connectivity index (χ3v) is 2.11. The highest BCUT2D eigenvalue weighted by atomic mass is 32.1. The average molecular weight is 202 g/mol. The third kappa shape index (κ3) is 5.09. The molecule has 0 spiro atoms. The quantitative estimate of drug-likeness (QED) is 0.705. The number of thiocarbonyl (C=S) groups is 1. The summed E-state index contributed by atoms with van der Waals surface area (Å²) in [6.45, 7) is 11.8. The second-order valence-electron chi connectivity index (χ2n) is 3.89. The smallest absolute Gasteiger partial charge is 0.169 e. The SMILES string of the molecule is CCCN(C(=S)NC(C)C)C(C)C. The van der Waals surface area contributed by atoms with Crippen molar-refractivity contribution in [2.75, 3.05) is 6.54 Å². The number of nitrogens with one attached hydrogen (secondary N) is 1. The summed E-state index contributed by atoms with van der Waals surface area (Å²) >= 11 is 5.31. The molecule has 3 heteroatoms. The van der Waals surface area contributed by atoms with E-state index in [-0.39, 0.29) is 0 Å². The lowest BCUT2D eigenvalue weighted by atomic mass is 10.3. The molecule has 0 bridgehead atoms. The third-order valence-electron chi connectivity index (χ3n) is 1.76. The van der Waals surface area contributed by atoms with Crippen LogP contribution in [0, 0.1) is 0 Å². The van der Waals surface area contributed by atoms with E-state index in [0.29, 0.717) is 12.1 Å². The Morgan fingerprint density at radius 1 is 1.31 bits per heavy atom. The van der Waals surface area contributed by atoms with E-state index >= 15 is 0 Å². The molecule has 0 saturated carbocycles. The Kier molecular flexibility index (Phi) is 6.04. The highest BCUT2D eigenvalue weighted by Crippen LogP contribution is 2.01. The zero-order valence-electron chi connectivity index (χ0n) is 9.42. The van der Waals surface area contributed by atoms with Gasteiger partial charge in [0.1, 0.15) is 0 Å². The molecular formula is C10H22N2S. The minimum absolute atomic E-state index is 0.422. The van der Waals surface area contributed by atoms with Crippen LogP contribution in [0.2, 0.25) is 0 Å². The van der Waals surface area contributed by atoms with Gasteiger partial charge in [-0.2, -0.15) is 0 Å². The summed E-state index contributed by atoms with van der Waals surface area (Å²) < 4.78 is 0. The Morgan fingerprint density at radius 3 is 2.15 bits per heavy atom. The minimum Gasteiger partial charge on any atom is -0.360 e. The highest BCUT2D eigenvalue weighted by Gasteiger charge is 2.12. The van der Waals surface area contributed by atoms with Crippen molar-refractivity contribution in [2.45, 2.75) is 53.1 Å². The van der Waals surface area contributed by atoms with Crippen LogP contribution < -0.4 is 5.32 Å². The molecule has 0 radical (unpaired) electrons. The first-order chi connectivity index (χ1) is 5.99. The fraction of sp³-hybridized carbons (Fsp3) is 0.900. The number of nitrogens with zero attached hydrogens (tertiary/aromatic N) is 1. The molecule has 0 saturated heterocycles. The number of hydrogen-bond acceptors (Lipinski definition) is 1. The van der Waals surface area contributed by atoms with Gasteiger partial charge in [0.2, 0.25) is 0 Å². The van der Waals surface area contributed by atoms with Crippen molar-refractivity contribution >= 4 is 17.3 Å². The number of rotatable bonds is 4. The first-order valence-corrected chi connectivity index (χ1v) is 5.47. The van der Waals surface area contributed by atoms with Gasteiger partial charge in [0.05, 0.1) is 0 Å². The van der Waals surface area contributed by atoms with Gasteiger partial charge in [0, 0.05) is 18.6 Å². The second-order valence-corrected chi connectivity index (χ2v) is 4.28. The first kappa shape index (κ1) is 12.7. The summed E-state index contributed by atoms with van der Waals surface area (Å²) in [6.07, 6.45) is 1.14. The van der Waals surface area contributed by atoms with E-state index in [4.69, 9.17) is 12.2 Å². The van der Waals surface area contributed by atoms with Gasteiger partial charge >= 0.3 is 0 Å². The molecule has 1 N–H and O–H groups in total.